The van der Waals surface area contributed by atoms with Crippen LogP contribution in [0.3, 0.4) is 0 Å². The van der Waals surface area contributed by atoms with Crippen molar-refractivity contribution in [2.45, 2.75) is 20.0 Å². The van der Waals surface area contributed by atoms with Crippen molar-refractivity contribution < 1.29 is 9.53 Å². The second kappa shape index (κ2) is 7.98. The highest BCUT2D eigenvalue weighted by Crippen LogP contribution is 2.28. The quantitative estimate of drug-likeness (QED) is 0.768. The second-order valence-electron chi connectivity index (χ2n) is 5.25. The predicted octanol–water partition coefficient (Wildman–Crippen LogP) is 3.53. The van der Waals surface area contributed by atoms with E-state index in [4.69, 9.17) is 4.74 Å². The molecule has 0 fully saturated rings. The highest BCUT2D eigenvalue weighted by atomic mass is 16.5. The summed E-state index contributed by atoms with van der Waals surface area (Å²) in [5, 5.41) is 5.97. The molecular weight excluding hydrogens is 290 g/mol. The molecule has 1 aromatic heterocycles. The standard InChI is InChI=1S/C18H21N3O2/c1-4-9-20-18(22)14-10-15(12-19-11-14)21-16-7-5-6-8-17(16)23-13(2)3/h4-8,10-13,21H,1,9H2,2-3H3,(H,20,22). The molecule has 0 radical (unpaired) electrons. The molecule has 0 atom stereocenters. The van der Waals surface area contributed by atoms with E-state index >= 15 is 0 Å². The van der Waals surface area contributed by atoms with E-state index < -0.39 is 0 Å². The Hall–Kier alpha value is -2.82. The molecule has 2 rings (SSSR count). The fourth-order valence-electron chi connectivity index (χ4n) is 1.98. The van der Waals surface area contributed by atoms with Gasteiger partial charge in [-0.1, -0.05) is 18.2 Å². The van der Waals surface area contributed by atoms with Gasteiger partial charge in [0.2, 0.25) is 0 Å². The summed E-state index contributed by atoms with van der Waals surface area (Å²) in [7, 11) is 0. The van der Waals surface area contributed by atoms with Gasteiger partial charge in [-0.05, 0) is 32.0 Å². The van der Waals surface area contributed by atoms with E-state index in [9.17, 15) is 4.79 Å². The van der Waals surface area contributed by atoms with Crippen LogP contribution in [0.5, 0.6) is 5.75 Å². The first-order valence-electron chi connectivity index (χ1n) is 7.47. The number of anilines is 2. The van der Waals surface area contributed by atoms with Gasteiger partial charge in [-0.25, -0.2) is 0 Å². The molecule has 0 aliphatic carbocycles. The van der Waals surface area contributed by atoms with Crippen LogP contribution < -0.4 is 15.4 Å². The molecule has 0 aliphatic heterocycles. The Morgan fingerprint density at radius 1 is 1.35 bits per heavy atom. The molecule has 0 spiro atoms. The highest BCUT2D eigenvalue weighted by Gasteiger charge is 2.08. The van der Waals surface area contributed by atoms with Crippen LogP contribution in [0.4, 0.5) is 11.4 Å². The molecule has 5 heteroatoms. The Morgan fingerprint density at radius 2 is 2.13 bits per heavy atom. The first-order chi connectivity index (χ1) is 11.1. The summed E-state index contributed by atoms with van der Waals surface area (Å²) < 4.78 is 5.78. The molecule has 2 aromatic rings. The largest absolute Gasteiger partial charge is 0.489 e. The van der Waals surface area contributed by atoms with Crippen molar-refractivity contribution in [2.75, 3.05) is 11.9 Å². The number of pyridine rings is 1. The number of rotatable bonds is 7. The van der Waals surface area contributed by atoms with Crippen LogP contribution in [-0.2, 0) is 0 Å². The molecule has 23 heavy (non-hydrogen) atoms. The van der Waals surface area contributed by atoms with Gasteiger partial charge in [0.15, 0.2) is 0 Å². The number of amides is 1. The average Bonchev–Trinajstić information content (AvgIpc) is 2.54. The molecule has 0 aliphatic rings. The van der Waals surface area contributed by atoms with Gasteiger partial charge in [0, 0.05) is 12.7 Å². The first-order valence-corrected chi connectivity index (χ1v) is 7.47. The summed E-state index contributed by atoms with van der Waals surface area (Å²) in [6.07, 6.45) is 4.90. The maximum atomic E-state index is 12.0. The smallest absolute Gasteiger partial charge is 0.253 e. The fourth-order valence-corrected chi connectivity index (χ4v) is 1.98. The van der Waals surface area contributed by atoms with Gasteiger partial charge in [-0.3, -0.25) is 9.78 Å². The minimum atomic E-state index is -0.187. The molecule has 1 heterocycles. The van der Waals surface area contributed by atoms with Crippen LogP contribution in [0.2, 0.25) is 0 Å². The lowest BCUT2D eigenvalue weighted by Crippen LogP contribution is -2.23. The van der Waals surface area contributed by atoms with E-state index in [1.807, 2.05) is 38.1 Å². The summed E-state index contributed by atoms with van der Waals surface area (Å²) in [4.78, 5) is 16.1. The minimum Gasteiger partial charge on any atom is -0.489 e. The van der Waals surface area contributed by atoms with Gasteiger partial charge in [-0.2, -0.15) is 0 Å². The van der Waals surface area contributed by atoms with E-state index in [0.29, 0.717) is 12.1 Å². The maximum absolute atomic E-state index is 12.0. The summed E-state index contributed by atoms with van der Waals surface area (Å²) in [5.41, 5.74) is 2.03. The number of benzene rings is 1. The third-order valence-corrected chi connectivity index (χ3v) is 2.94. The molecule has 2 N–H and O–H groups in total. The van der Waals surface area contributed by atoms with Crippen molar-refractivity contribution >= 4 is 17.3 Å². The highest BCUT2D eigenvalue weighted by molar-refractivity contribution is 5.95. The van der Waals surface area contributed by atoms with E-state index in [2.05, 4.69) is 22.2 Å². The molecule has 0 bridgehead atoms. The fraction of sp³-hybridized carbons (Fsp3) is 0.222. The number of nitrogens with zero attached hydrogens (tertiary/aromatic N) is 1. The zero-order valence-corrected chi connectivity index (χ0v) is 13.4. The number of carbonyl (C=O) groups is 1. The lowest BCUT2D eigenvalue weighted by atomic mass is 10.2. The van der Waals surface area contributed by atoms with Crippen molar-refractivity contribution in [2.24, 2.45) is 0 Å². The number of para-hydroxylation sites is 2. The van der Waals surface area contributed by atoms with E-state index in [1.165, 1.54) is 6.20 Å². The number of aromatic nitrogens is 1. The lowest BCUT2D eigenvalue weighted by Gasteiger charge is -2.15. The van der Waals surface area contributed by atoms with Crippen molar-refractivity contribution in [1.82, 2.24) is 10.3 Å². The lowest BCUT2D eigenvalue weighted by molar-refractivity contribution is 0.0957. The zero-order chi connectivity index (χ0) is 16.7. The third-order valence-electron chi connectivity index (χ3n) is 2.94. The molecule has 120 valence electrons. The van der Waals surface area contributed by atoms with Gasteiger partial charge in [0.25, 0.3) is 5.91 Å². The maximum Gasteiger partial charge on any atom is 0.253 e. The Morgan fingerprint density at radius 3 is 2.87 bits per heavy atom. The van der Waals surface area contributed by atoms with Gasteiger partial charge in [-0.15, -0.1) is 6.58 Å². The Bertz CT molecular complexity index is 683. The van der Waals surface area contributed by atoms with E-state index in [0.717, 1.165) is 17.1 Å². The van der Waals surface area contributed by atoms with Crippen LogP contribution in [0.25, 0.3) is 0 Å². The molecule has 1 amide bonds. The van der Waals surface area contributed by atoms with Crippen LogP contribution in [0, 0.1) is 0 Å². The SMILES string of the molecule is C=CCNC(=O)c1cncc(Nc2ccccc2OC(C)C)c1. The molecule has 0 unspecified atom stereocenters. The normalized spacial score (nSPS) is 10.2. The van der Waals surface area contributed by atoms with E-state index in [1.54, 1.807) is 18.3 Å². The zero-order valence-electron chi connectivity index (χ0n) is 13.4. The van der Waals surface area contributed by atoms with Crippen LogP contribution in [0.1, 0.15) is 24.2 Å². The number of hydrogen-bond donors (Lipinski definition) is 2. The first kappa shape index (κ1) is 16.5. The molecule has 0 saturated carbocycles. The van der Waals surface area contributed by atoms with Crippen LogP contribution >= 0.6 is 0 Å². The molecular formula is C18H21N3O2. The number of ether oxygens (including phenoxy) is 1. The minimum absolute atomic E-state index is 0.0760. The second-order valence-corrected chi connectivity index (χ2v) is 5.25. The number of hydrogen-bond acceptors (Lipinski definition) is 4. The van der Waals surface area contributed by atoms with Crippen molar-refractivity contribution in [3.8, 4) is 5.75 Å². The van der Waals surface area contributed by atoms with Crippen LogP contribution in [-0.4, -0.2) is 23.5 Å². The monoisotopic (exact) mass is 311 g/mol. The molecule has 0 saturated heterocycles. The van der Waals surface area contributed by atoms with Crippen molar-refractivity contribution in [1.29, 1.82) is 0 Å². The number of carbonyl (C=O) groups excluding carboxylic acids is 1. The molecule has 5 nitrogen and oxygen atoms in total. The van der Waals surface area contributed by atoms with E-state index in [-0.39, 0.29) is 12.0 Å². The molecule has 1 aromatic carbocycles. The van der Waals surface area contributed by atoms with Gasteiger partial charge < -0.3 is 15.4 Å². The summed E-state index contributed by atoms with van der Waals surface area (Å²) in [6.45, 7) is 7.94. The van der Waals surface area contributed by atoms with Crippen molar-refractivity contribution in [3.05, 3.63) is 60.9 Å². The van der Waals surface area contributed by atoms with Gasteiger partial charge in [0.1, 0.15) is 5.75 Å². The van der Waals surface area contributed by atoms with Gasteiger partial charge in [0.05, 0.1) is 29.2 Å². The van der Waals surface area contributed by atoms with Gasteiger partial charge >= 0.3 is 0 Å². The number of nitrogens with one attached hydrogen (secondary N) is 2. The third kappa shape index (κ3) is 4.85. The summed E-state index contributed by atoms with van der Waals surface area (Å²) in [5.74, 6) is 0.566. The summed E-state index contributed by atoms with van der Waals surface area (Å²) >= 11 is 0. The topological polar surface area (TPSA) is 63.2 Å². The van der Waals surface area contributed by atoms with Crippen LogP contribution in [0.15, 0.2) is 55.4 Å². The average molecular weight is 311 g/mol. The Kier molecular flexibility index (Phi) is 5.74. The Balaban J connectivity index is 2.18. The predicted molar refractivity (Wildman–Crippen MR) is 92.3 cm³/mol. The Labute approximate surface area is 136 Å². The van der Waals surface area contributed by atoms with Crippen molar-refractivity contribution in [3.63, 3.8) is 0 Å². The summed E-state index contributed by atoms with van der Waals surface area (Å²) in [6, 6.07) is 9.40.